The van der Waals surface area contributed by atoms with Crippen LogP contribution in [0.15, 0.2) is 72.9 Å². The van der Waals surface area contributed by atoms with Crippen molar-refractivity contribution in [1.29, 1.82) is 0 Å². The number of carbonyl (C=O) groups is 1. The number of ether oxygens (including phenoxy) is 3. The second kappa shape index (κ2) is 10.7. The summed E-state index contributed by atoms with van der Waals surface area (Å²) >= 11 is 0. The first-order valence-electron chi connectivity index (χ1n) is 15.4. The summed E-state index contributed by atoms with van der Waals surface area (Å²) in [5.74, 6) is 1.51. The van der Waals surface area contributed by atoms with Crippen LogP contribution in [0.3, 0.4) is 0 Å². The van der Waals surface area contributed by atoms with Crippen LogP contribution in [0.25, 0.3) is 54.4 Å². The normalized spacial score (nSPS) is 15.1. The molecule has 1 aliphatic rings. The van der Waals surface area contributed by atoms with Crippen molar-refractivity contribution in [2.45, 2.75) is 38.5 Å². The molecule has 0 saturated carbocycles. The van der Waals surface area contributed by atoms with Crippen LogP contribution in [0.2, 0.25) is 0 Å². The Labute approximate surface area is 258 Å². The lowest BCUT2D eigenvalue weighted by Gasteiger charge is -2.19. The van der Waals surface area contributed by atoms with Gasteiger partial charge in [-0.3, -0.25) is 0 Å². The maximum Gasteiger partial charge on any atom is 0.407 e. The zero-order chi connectivity index (χ0) is 30.7. The molecule has 9 heteroatoms. The first-order chi connectivity index (χ1) is 22.1. The van der Waals surface area contributed by atoms with Crippen LogP contribution in [-0.4, -0.2) is 52.2 Å². The van der Waals surface area contributed by atoms with Gasteiger partial charge < -0.3 is 38.8 Å². The van der Waals surface area contributed by atoms with E-state index in [1.807, 2.05) is 30.5 Å². The average Bonchev–Trinajstić information content (AvgIpc) is 3.72. The Balaban J connectivity index is 1.15. The van der Waals surface area contributed by atoms with Gasteiger partial charge in [0, 0.05) is 76.6 Å². The van der Waals surface area contributed by atoms with E-state index in [4.69, 9.17) is 14.2 Å². The number of nitrogens with zero attached hydrogens (tertiary/aromatic N) is 2. The van der Waals surface area contributed by atoms with Crippen molar-refractivity contribution in [1.82, 2.24) is 19.4 Å². The number of hydrogen-bond donors (Lipinski definition) is 3. The third-order valence-corrected chi connectivity index (χ3v) is 9.30. The predicted molar refractivity (Wildman–Crippen MR) is 177 cm³/mol. The molecule has 8 rings (SSSR count). The highest BCUT2D eigenvalue weighted by molar-refractivity contribution is 6.36. The van der Waals surface area contributed by atoms with E-state index in [1.54, 1.807) is 14.2 Å². The minimum Gasteiger partial charge on any atom is -0.494 e. The first-order valence-corrected chi connectivity index (χ1v) is 15.4. The maximum atomic E-state index is 13.1. The van der Waals surface area contributed by atoms with E-state index in [0.29, 0.717) is 50.4 Å². The van der Waals surface area contributed by atoms with Gasteiger partial charge in [-0.05, 0) is 36.2 Å². The van der Waals surface area contributed by atoms with E-state index < -0.39 is 6.09 Å². The molecule has 0 aliphatic carbocycles. The number of aromatic nitrogens is 3. The van der Waals surface area contributed by atoms with Crippen molar-refractivity contribution < 1.29 is 24.1 Å². The van der Waals surface area contributed by atoms with Crippen molar-refractivity contribution >= 4 is 60.5 Å². The number of nitrogens with one attached hydrogen (secondary N) is 2. The van der Waals surface area contributed by atoms with Crippen molar-refractivity contribution in [3.63, 3.8) is 0 Å². The molecule has 9 nitrogen and oxygen atoms in total. The predicted octanol–water partition coefficient (Wildman–Crippen LogP) is 7.24. The molecule has 1 aliphatic heterocycles. The van der Waals surface area contributed by atoms with Gasteiger partial charge in [0.25, 0.3) is 0 Å². The lowest BCUT2D eigenvalue weighted by molar-refractivity contribution is 0.0834. The number of aryl methyl sites for hydroxylation is 2. The van der Waals surface area contributed by atoms with E-state index in [2.05, 4.69) is 61.9 Å². The Bertz CT molecular complexity index is 2260. The topological polar surface area (TPSA) is 103 Å². The number of hydrogen-bond acceptors (Lipinski definition) is 5. The van der Waals surface area contributed by atoms with Crippen molar-refractivity contribution in [2.24, 2.45) is 0 Å². The van der Waals surface area contributed by atoms with E-state index in [0.717, 1.165) is 59.9 Å². The molecule has 0 spiro atoms. The zero-order valence-electron chi connectivity index (χ0n) is 25.2. The van der Waals surface area contributed by atoms with Gasteiger partial charge in [0.05, 0.1) is 30.6 Å². The molecular weight excluding hydrogens is 568 g/mol. The number of fused-ring (bicyclic) bond motifs is 9. The summed E-state index contributed by atoms with van der Waals surface area (Å²) in [5, 5.41) is 20.3. The van der Waals surface area contributed by atoms with Gasteiger partial charge in [0.15, 0.2) is 17.4 Å². The van der Waals surface area contributed by atoms with Crippen LogP contribution >= 0.6 is 0 Å². The molecule has 7 aromatic rings. The summed E-state index contributed by atoms with van der Waals surface area (Å²) in [4.78, 5) is 16.2. The molecule has 228 valence electrons. The largest absolute Gasteiger partial charge is 0.494 e. The number of aromatic amines is 1. The Kier molecular flexibility index (Phi) is 6.48. The minimum atomic E-state index is -0.415. The quantitative estimate of drug-likeness (QED) is 0.186. The number of amides is 1. The van der Waals surface area contributed by atoms with Crippen LogP contribution in [0.5, 0.6) is 17.4 Å². The lowest BCUT2D eigenvalue weighted by Crippen LogP contribution is -2.31. The van der Waals surface area contributed by atoms with Gasteiger partial charge in [-0.15, -0.1) is 0 Å². The van der Waals surface area contributed by atoms with Gasteiger partial charge in [-0.25, -0.2) is 4.79 Å². The number of aromatic hydroxyl groups is 1. The molecule has 0 radical (unpaired) electrons. The van der Waals surface area contributed by atoms with Gasteiger partial charge in [-0.1, -0.05) is 42.5 Å². The van der Waals surface area contributed by atoms with Crippen LogP contribution in [0.4, 0.5) is 4.79 Å². The lowest BCUT2D eigenvalue weighted by atomic mass is 10.0. The van der Waals surface area contributed by atoms with Gasteiger partial charge in [-0.2, -0.15) is 0 Å². The highest BCUT2D eigenvalue weighted by Crippen LogP contribution is 2.47. The monoisotopic (exact) mass is 602 g/mol. The number of carbonyl (C=O) groups excluding carboxylic acids is 1. The minimum absolute atomic E-state index is 0.178. The van der Waals surface area contributed by atoms with Crippen LogP contribution < -0.4 is 14.8 Å². The number of methoxy groups -OCH3 is 2. The molecule has 1 atom stereocenters. The van der Waals surface area contributed by atoms with Crippen molar-refractivity contribution in [3.05, 3.63) is 78.5 Å². The zero-order valence-corrected chi connectivity index (χ0v) is 25.2. The molecule has 0 bridgehead atoms. The van der Waals surface area contributed by atoms with E-state index in [-0.39, 0.29) is 12.0 Å². The van der Waals surface area contributed by atoms with E-state index in [9.17, 15) is 9.90 Å². The fraction of sp³-hybridized carbons (Fsp3) is 0.250. The molecule has 4 heterocycles. The van der Waals surface area contributed by atoms with Gasteiger partial charge in [0.2, 0.25) is 0 Å². The molecule has 4 aromatic carbocycles. The third kappa shape index (κ3) is 4.25. The van der Waals surface area contributed by atoms with E-state index >= 15 is 0 Å². The van der Waals surface area contributed by atoms with Crippen molar-refractivity contribution in [3.8, 4) is 17.4 Å². The number of alkyl carbamates (subject to hydrolysis) is 1. The number of rotatable bonds is 6. The summed E-state index contributed by atoms with van der Waals surface area (Å²) in [6.45, 7) is 1.79. The molecule has 0 saturated heterocycles. The Hall–Kier alpha value is -5.31. The van der Waals surface area contributed by atoms with Crippen LogP contribution in [-0.2, 0) is 24.2 Å². The number of benzene rings is 4. The molecule has 3 N–H and O–H groups in total. The Morgan fingerprint density at radius 3 is 2.18 bits per heavy atom. The summed E-state index contributed by atoms with van der Waals surface area (Å²) in [7, 11) is 3.22. The molecule has 45 heavy (non-hydrogen) atoms. The third-order valence-electron chi connectivity index (χ3n) is 9.30. The summed E-state index contributed by atoms with van der Waals surface area (Å²) < 4.78 is 21.6. The van der Waals surface area contributed by atoms with Crippen LogP contribution in [0.1, 0.15) is 18.4 Å². The first kappa shape index (κ1) is 27.3. The number of para-hydroxylation sites is 2. The summed E-state index contributed by atoms with van der Waals surface area (Å²) in [5.41, 5.74) is 5.50. The van der Waals surface area contributed by atoms with Crippen LogP contribution in [0, 0.1) is 0 Å². The molecular formula is C36H34N4O5. The fourth-order valence-corrected chi connectivity index (χ4v) is 7.30. The highest BCUT2D eigenvalue weighted by atomic mass is 16.6. The standard InChI is InChI=1S/C36H34N4O5/c1-43-28-12-11-21(19-29(28)44-2)13-16-37-36(42)45-22-14-17-39-26-9-5-3-7-23(26)30-25-20-38-35(41)32(25)31-24-8-4-6-10-27(24)40(18-15-22)34(31)33(30)39/h3-12,19-20,22,38,41H,13-18H2,1-2H3,(H,37,42). The number of H-pyrrole nitrogens is 1. The molecule has 0 fully saturated rings. The highest BCUT2D eigenvalue weighted by Gasteiger charge is 2.27. The Morgan fingerprint density at radius 2 is 1.49 bits per heavy atom. The Morgan fingerprint density at radius 1 is 0.844 bits per heavy atom. The molecule has 3 aromatic heterocycles. The maximum absolute atomic E-state index is 13.1. The fourth-order valence-electron chi connectivity index (χ4n) is 7.30. The summed E-state index contributed by atoms with van der Waals surface area (Å²) in [6, 6.07) is 22.6. The average molecular weight is 603 g/mol. The second-order valence-corrected chi connectivity index (χ2v) is 11.7. The smallest absolute Gasteiger partial charge is 0.407 e. The molecule has 1 amide bonds. The van der Waals surface area contributed by atoms with Gasteiger partial charge in [0.1, 0.15) is 6.10 Å². The van der Waals surface area contributed by atoms with Crippen molar-refractivity contribution in [2.75, 3.05) is 20.8 Å². The second-order valence-electron chi connectivity index (χ2n) is 11.7. The van der Waals surface area contributed by atoms with E-state index in [1.165, 1.54) is 0 Å². The molecule has 1 unspecified atom stereocenters. The SMILES string of the molecule is COc1ccc(CCNC(=O)OC2CCn3c4ccccc4c4c5c[nH]c(O)c5c5c6ccccc6n(c5c43)CC2)cc1OC. The summed E-state index contributed by atoms with van der Waals surface area (Å²) in [6.07, 6.45) is 3.20. The van der Waals surface area contributed by atoms with Gasteiger partial charge >= 0.3 is 6.09 Å².